The van der Waals surface area contributed by atoms with Crippen LogP contribution in [0.3, 0.4) is 0 Å². The maximum absolute atomic E-state index is 5.88. The Morgan fingerprint density at radius 1 is 1.08 bits per heavy atom. The molecule has 2 aromatic rings. The highest BCUT2D eigenvalue weighted by Crippen LogP contribution is 2.29. The minimum Gasteiger partial charge on any atom is -0.493 e. The van der Waals surface area contributed by atoms with Crippen molar-refractivity contribution < 1.29 is 9.47 Å². The van der Waals surface area contributed by atoms with Gasteiger partial charge in [-0.1, -0.05) is 29.8 Å². The minimum absolute atomic E-state index is 0.0371. The quantitative estimate of drug-likeness (QED) is 0.756. The van der Waals surface area contributed by atoms with Crippen molar-refractivity contribution in [2.24, 2.45) is 0 Å². The van der Waals surface area contributed by atoms with Crippen LogP contribution in [-0.4, -0.2) is 19.3 Å². The summed E-state index contributed by atoms with van der Waals surface area (Å²) in [5.74, 6) is 1.40. The van der Waals surface area contributed by atoms with Crippen molar-refractivity contribution in [1.82, 2.24) is 10.6 Å². The number of hydrogen-bond acceptors (Lipinski definition) is 3. The standard InChI is InChI=1S/C18H21ClN2O2S/c1-12(14-6-9-16(22-2)17(10-14)23-3)21-18(24)20-11-13-4-7-15(19)8-5-13/h4-10,12H,11H2,1-3H3,(H2,20,21,24). The van der Waals surface area contributed by atoms with E-state index in [0.29, 0.717) is 23.2 Å². The number of ether oxygens (including phenoxy) is 2. The molecular formula is C18H21ClN2O2S. The third kappa shape index (κ3) is 5.01. The molecule has 1 atom stereocenters. The number of nitrogens with one attached hydrogen (secondary N) is 2. The Kier molecular flexibility index (Phi) is 6.70. The van der Waals surface area contributed by atoms with Crippen LogP contribution in [0.1, 0.15) is 24.1 Å². The van der Waals surface area contributed by atoms with Crippen molar-refractivity contribution in [3.8, 4) is 11.5 Å². The largest absolute Gasteiger partial charge is 0.493 e. The van der Waals surface area contributed by atoms with E-state index in [0.717, 1.165) is 16.1 Å². The number of thiocarbonyl (C=S) groups is 1. The summed E-state index contributed by atoms with van der Waals surface area (Å²) < 4.78 is 10.6. The Morgan fingerprint density at radius 3 is 2.38 bits per heavy atom. The Balaban J connectivity index is 1.92. The molecular weight excluding hydrogens is 344 g/mol. The van der Waals surface area contributed by atoms with Gasteiger partial charge in [-0.05, 0) is 54.5 Å². The second kappa shape index (κ2) is 8.76. The normalized spacial score (nSPS) is 11.5. The highest BCUT2D eigenvalue weighted by Gasteiger charge is 2.11. The zero-order chi connectivity index (χ0) is 17.5. The van der Waals surface area contributed by atoms with E-state index in [9.17, 15) is 0 Å². The number of halogens is 1. The van der Waals surface area contributed by atoms with Crippen LogP contribution in [0.15, 0.2) is 42.5 Å². The molecule has 128 valence electrons. The molecule has 2 aromatic carbocycles. The van der Waals surface area contributed by atoms with Gasteiger partial charge in [-0.2, -0.15) is 0 Å². The molecule has 0 radical (unpaired) electrons. The van der Waals surface area contributed by atoms with E-state index < -0.39 is 0 Å². The first-order valence-corrected chi connectivity index (χ1v) is 8.33. The lowest BCUT2D eigenvalue weighted by molar-refractivity contribution is 0.354. The van der Waals surface area contributed by atoms with E-state index in [-0.39, 0.29) is 6.04 Å². The molecule has 0 heterocycles. The van der Waals surface area contributed by atoms with Crippen LogP contribution in [-0.2, 0) is 6.54 Å². The molecule has 24 heavy (non-hydrogen) atoms. The first kappa shape index (κ1) is 18.4. The molecule has 1 unspecified atom stereocenters. The van der Waals surface area contributed by atoms with Crippen molar-refractivity contribution >= 4 is 28.9 Å². The SMILES string of the molecule is COc1ccc(C(C)NC(=S)NCc2ccc(Cl)cc2)cc1OC. The van der Waals surface area contributed by atoms with Crippen molar-refractivity contribution in [2.45, 2.75) is 19.5 Å². The van der Waals surface area contributed by atoms with Gasteiger partial charge < -0.3 is 20.1 Å². The molecule has 4 nitrogen and oxygen atoms in total. The molecule has 0 saturated heterocycles. The Bertz CT molecular complexity index is 692. The van der Waals surface area contributed by atoms with Gasteiger partial charge in [0.2, 0.25) is 0 Å². The Labute approximate surface area is 153 Å². The van der Waals surface area contributed by atoms with Gasteiger partial charge in [0.1, 0.15) is 0 Å². The van der Waals surface area contributed by atoms with Crippen molar-refractivity contribution in [3.63, 3.8) is 0 Å². The minimum atomic E-state index is 0.0371. The molecule has 0 fully saturated rings. The third-order valence-electron chi connectivity index (χ3n) is 3.62. The van der Waals surface area contributed by atoms with Crippen LogP contribution in [0.5, 0.6) is 11.5 Å². The van der Waals surface area contributed by atoms with Crippen molar-refractivity contribution in [2.75, 3.05) is 14.2 Å². The molecule has 2 rings (SSSR count). The second-order valence-corrected chi connectivity index (χ2v) is 6.13. The van der Waals surface area contributed by atoms with Crippen LogP contribution < -0.4 is 20.1 Å². The van der Waals surface area contributed by atoms with Gasteiger partial charge in [0.25, 0.3) is 0 Å². The Morgan fingerprint density at radius 2 is 1.75 bits per heavy atom. The van der Waals surface area contributed by atoms with Gasteiger partial charge in [-0.3, -0.25) is 0 Å². The van der Waals surface area contributed by atoms with Gasteiger partial charge >= 0.3 is 0 Å². The zero-order valence-electron chi connectivity index (χ0n) is 13.9. The highest BCUT2D eigenvalue weighted by molar-refractivity contribution is 7.80. The predicted molar refractivity (Wildman–Crippen MR) is 102 cm³/mol. The van der Waals surface area contributed by atoms with E-state index in [1.54, 1.807) is 14.2 Å². The fourth-order valence-corrected chi connectivity index (χ4v) is 2.61. The van der Waals surface area contributed by atoms with Gasteiger partial charge in [0.05, 0.1) is 20.3 Å². The number of rotatable bonds is 6. The van der Waals surface area contributed by atoms with Crippen LogP contribution in [0.25, 0.3) is 0 Å². The van der Waals surface area contributed by atoms with Crippen LogP contribution >= 0.6 is 23.8 Å². The molecule has 0 aromatic heterocycles. The van der Waals surface area contributed by atoms with E-state index >= 15 is 0 Å². The van der Waals surface area contributed by atoms with Crippen molar-refractivity contribution in [1.29, 1.82) is 0 Å². The lowest BCUT2D eigenvalue weighted by Gasteiger charge is -2.19. The lowest BCUT2D eigenvalue weighted by Crippen LogP contribution is -2.36. The summed E-state index contributed by atoms with van der Waals surface area (Å²) in [6.45, 7) is 2.68. The first-order chi connectivity index (χ1) is 11.5. The molecule has 0 spiro atoms. The van der Waals surface area contributed by atoms with Gasteiger partial charge in [-0.15, -0.1) is 0 Å². The fraction of sp³-hybridized carbons (Fsp3) is 0.278. The monoisotopic (exact) mass is 364 g/mol. The van der Waals surface area contributed by atoms with Crippen LogP contribution in [0.2, 0.25) is 5.02 Å². The molecule has 0 aliphatic carbocycles. The van der Waals surface area contributed by atoms with Crippen LogP contribution in [0, 0.1) is 0 Å². The third-order valence-corrected chi connectivity index (χ3v) is 4.14. The zero-order valence-corrected chi connectivity index (χ0v) is 15.5. The molecule has 0 amide bonds. The Hall–Kier alpha value is -1.98. The summed E-state index contributed by atoms with van der Waals surface area (Å²) >= 11 is 11.2. The van der Waals surface area contributed by atoms with E-state index in [4.69, 9.17) is 33.3 Å². The maximum atomic E-state index is 5.88. The first-order valence-electron chi connectivity index (χ1n) is 7.54. The molecule has 6 heteroatoms. The van der Waals surface area contributed by atoms with Gasteiger partial charge in [0, 0.05) is 11.6 Å². The number of methoxy groups -OCH3 is 2. The molecule has 0 aliphatic heterocycles. The highest BCUT2D eigenvalue weighted by atomic mass is 35.5. The fourth-order valence-electron chi connectivity index (χ4n) is 2.24. The maximum Gasteiger partial charge on any atom is 0.167 e. The van der Waals surface area contributed by atoms with E-state index in [2.05, 4.69) is 10.6 Å². The summed E-state index contributed by atoms with van der Waals surface area (Å²) in [6, 6.07) is 13.5. The van der Waals surface area contributed by atoms with Crippen LogP contribution in [0.4, 0.5) is 0 Å². The summed E-state index contributed by atoms with van der Waals surface area (Å²) in [5, 5.41) is 7.77. The predicted octanol–water partition coefficient (Wildman–Crippen LogP) is 4.08. The average molecular weight is 365 g/mol. The van der Waals surface area contributed by atoms with E-state index in [1.165, 1.54) is 0 Å². The number of benzene rings is 2. The average Bonchev–Trinajstić information content (AvgIpc) is 2.60. The summed E-state index contributed by atoms with van der Waals surface area (Å²) in [7, 11) is 3.24. The van der Waals surface area contributed by atoms with Gasteiger partial charge in [0.15, 0.2) is 16.6 Å². The topological polar surface area (TPSA) is 42.5 Å². The number of hydrogen-bond donors (Lipinski definition) is 2. The van der Waals surface area contributed by atoms with Gasteiger partial charge in [-0.25, -0.2) is 0 Å². The lowest BCUT2D eigenvalue weighted by atomic mass is 10.1. The van der Waals surface area contributed by atoms with Crippen molar-refractivity contribution in [3.05, 3.63) is 58.6 Å². The molecule has 0 bridgehead atoms. The smallest absolute Gasteiger partial charge is 0.167 e. The van der Waals surface area contributed by atoms with E-state index in [1.807, 2.05) is 49.4 Å². The molecule has 2 N–H and O–H groups in total. The summed E-state index contributed by atoms with van der Waals surface area (Å²) in [5.41, 5.74) is 2.17. The summed E-state index contributed by atoms with van der Waals surface area (Å²) in [6.07, 6.45) is 0. The summed E-state index contributed by atoms with van der Waals surface area (Å²) in [4.78, 5) is 0. The second-order valence-electron chi connectivity index (χ2n) is 5.29. The molecule has 0 aliphatic rings. The molecule has 0 saturated carbocycles.